The van der Waals surface area contributed by atoms with Gasteiger partial charge in [-0.25, -0.2) is 9.59 Å². The monoisotopic (exact) mass is 432 g/mol. The van der Waals surface area contributed by atoms with Crippen molar-refractivity contribution in [2.75, 3.05) is 0 Å². The molecule has 0 fully saturated rings. The number of rotatable bonds is 19. The van der Waals surface area contributed by atoms with E-state index in [1.165, 1.54) is 76.7 Å². The Morgan fingerprint density at radius 1 is 0.710 bits per heavy atom. The maximum Gasteiger partial charge on any atom is 0.339 e. The number of carbonyl (C=O) groups is 2. The van der Waals surface area contributed by atoms with Gasteiger partial charge in [0.2, 0.25) is 0 Å². The van der Waals surface area contributed by atoms with Gasteiger partial charge in [0.05, 0.1) is 11.1 Å². The summed E-state index contributed by atoms with van der Waals surface area (Å²) in [5, 5.41) is 9.36. The van der Waals surface area contributed by atoms with Crippen LogP contribution in [0.5, 0.6) is 0 Å². The van der Waals surface area contributed by atoms with Crippen LogP contribution in [0.15, 0.2) is 24.3 Å². The molecule has 0 bridgehead atoms. The average Bonchev–Trinajstić information content (AvgIpc) is 2.77. The van der Waals surface area contributed by atoms with Gasteiger partial charge in [-0.2, -0.15) is 0 Å². The van der Waals surface area contributed by atoms with Crippen molar-refractivity contribution in [1.29, 1.82) is 0 Å². The first-order chi connectivity index (χ1) is 15.1. The molecule has 0 aliphatic rings. The molecule has 0 saturated heterocycles. The van der Waals surface area contributed by atoms with Crippen LogP contribution in [-0.4, -0.2) is 23.1 Å². The zero-order valence-corrected chi connectivity index (χ0v) is 19.9. The highest BCUT2D eigenvalue weighted by atomic mass is 16.5. The number of aromatic carboxylic acids is 1. The predicted molar refractivity (Wildman–Crippen MR) is 128 cm³/mol. The van der Waals surface area contributed by atoms with E-state index in [0.29, 0.717) is 0 Å². The highest BCUT2D eigenvalue weighted by Gasteiger charge is 2.20. The van der Waals surface area contributed by atoms with Crippen molar-refractivity contribution < 1.29 is 19.4 Å². The van der Waals surface area contributed by atoms with E-state index in [1.807, 2.05) is 0 Å². The summed E-state index contributed by atoms with van der Waals surface area (Å²) in [5.74, 6) is -1.60. The summed E-state index contributed by atoms with van der Waals surface area (Å²) in [4.78, 5) is 24.1. The fourth-order valence-electron chi connectivity index (χ4n) is 3.98. The van der Waals surface area contributed by atoms with Crippen molar-refractivity contribution in [2.45, 2.75) is 123 Å². The lowest BCUT2D eigenvalue weighted by molar-refractivity contribution is 0.0244. The molecule has 0 spiro atoms. The molecule has 0 saturated carbocycles. The van der Waals surface area contributed by atoms with E-state index in [-0.39, 0.29) is 17.2 Å². The molecule has 0 amide bonds. The Kier molecular flexibility index (Phi) is 15.6. The summed E-state index contributed by atoms with van der Waals surface area (Å²) < 4.78 is 5.81. The Labute approximate surface area is 189 Å². The number of unbranched alkanes of at least 4 members (excludes halogenated alkanes) is 12. The van der Waals surface area contributed by atoms with Gasteiger partial charge in [0, 0.05) is 0 Å². The molecular formula is C27H44O4. The number of hydrogen-bond donors (Lipinski definition) is 1. The van der Waals surface area contributed by atoms with Crippen LogP contribution in [0.1, 0.15) is 137 Å². The quantitative estimate of drug-likeness (QED) is 0.177. The van der Waals surface area contributed by atoms with Crippen molar-refractivity contribution in [3.8, 4) is 0 Å². The molecule has 1 aromatic carbocycles. The van der Waals surface area contributed by atoms with Gasteiger partial charge in [0.25, 0.3) is 0 Å². The molecule has 0 aliphatic carbocycles. The number of carbonyl (C=O) groups excluding carboxylic acids is 1. The van der Waals surface area contributed by atoms with Gasteiger partial charge in [-0.05, 0) is 37.8 Å². The Hall–Kier alpha value is -1.84. The molecule has 1 rings (SSSR count). The lowest BCUT2D eigenvalue weighted by atomic mass is 10.0. The van der Waals surface area contributed by atoms with Crippen LogP contribution in [0.2, 0.25) is 0 Å². The van der Waals surface area contributed by atoms with Gasteiger partial charge in [-0.15, -0.1) is 0 Å². The van der Waals surface area contributed by atoms with Crippen LogP contribution < -0.4 is 0 Å². The van der Waals surface area contributed by atoms with Crippen molar-refractivity contribution in [1.82, 2.24) is 0 Å². The Morgan fingerprint density at radius 3 is 1.58 bits per heavy atom. The molecule has 1 atom stereocenters. The summed E-state index contributed by atoms with van der Waals surface area (Å²) in [5.41, 5.74) is 0.164. The molecule has 1 N–H and O–H groups in total. The maximum atomic E-state index is 12.7. The van der Waals surface area contributed by atoms with Crippen LogP contribution in [0.4, 0.5) is 0 Å². The summed E-state index contributed by atoms with van der Waals surface area (Å²) in [6.45, 7) is 4.45. The fourth-order valence-corrected chi connectivity index (χ4v) is 3.98. The largest absolute Gasteiger partial charge is 0.478 e. The molecular weight excluding hydrogens is 388 g/mol. The number of ether oxygens (including phenoxy) is 1. The van der Waals surface area contributed by atoms with Crippen LogP contribution in [-0.2, 0) is 4.74 Å². The normalized spacial score (nSPS) is 11.9. The third-order valence-electron chi connectivity index (χ3n) is 5.91. The van der Waals surface area contributed by atoms with Gasteiger partial charge in [-0.1, -0.05) is 103 Å². The zero-order valence-electron chi connectivity index (χ0n) is 19.9. The minimum Gasteiger partial charge on any atom is -0.478 e. The highest BCUT2D eigenvalue weighted by Crippen LogP contribution is 2.20. The first-order valence-electron chi connectivity index (χ1n) is 12.6. The Balaban J connectivity index is 2.51. The van der Waals surface area contributed by atoms with Crippen molar-refractivity contribution >= 4 is 11.9 Å². The second-order valence-corrected chi connectivity index (χ2v) is 8.70. The first-order valence-corrected chi connectivity index (χ1v) is 12.6. The summed E-state index contributed by atoms with van der Waals surface area (Å²) in [6.07, 6.45) is 18.8. The Morgan fingerprint density at radius 2 is 1.13 bits per heavy atom. The Bertz CT molecular complexity index is 611. The van der Waals surface area contributed by atoms with Crippen LogP contribution in [0.3, 0.4) is 0 Å². The molecule has 0 aromatic heterocycles. The van der Waals surface area contributed by atoms with Gasteiger partial charge in [0.15, 0.2) is 0 Å². The minimum atomic E-state index is -1.09. The lowest BCUT2D eigenvalue weighted by Gasteiger charge is -2.19. The van der Waals surface area contributed by atoms with E-state index in [2.05, 4.69) is 13.8 Å². The van der Waals surface area contributed by atoms with Crippen LogP contribution in [0, 0.1) is 0 Å². The second kappa shape index (κ2) is 17.8. The molecule has 1 aromatic rings. The number of esters is 1. The van der Waals surface area contributed by atoms with Gasteiger partial charge < -0.3 is 9.84 Å². The average molecular weight is 433 g/mol. The van der Waals surface area contributed by atoms with Crippen LogP contribution in [0.25, 0.3) is 0 Å². The zero-order chi connectivity index (χ0) is 22.7. The first kappa shape index (κ1) is 27.2. The topological polar surface area (TPSA) is 63.6 Å². The van der Waals surface area contributed by atoms with E-state index in [0.717, 1.165) is 32.1 Å². The van der Waals surface area contributed by atoms with Crippen molar-refractivity contribution in [3.63, 3.8) is 0 Å². The molecule has 0 aliphatic heterocycles. The number of carboxylic acids is 1. The molecule has 0 heterocycles. The van der Waals surface area contributed by atoms with E-state index in [1.54, 1.807) is 18.2 Å². The molecule has 4 nitrogen and oxygen atoms in total. The second-order valence-electron chi connectivity index (χ2n) is 8.70. The fraction of sp³-hybridized carbons (Fsp3) is 0.704. The van der Waals surface area contributed by atoms with E-state index >= 15 is 0 Å². The van der Waals surface area contributed by atoms with Crippen molar-refractivity contribution in [2.24, 2.45) is 0 Å². The summed E-state index contributed by atoms with van der Waals surface area (Å²) in [7, 11) is 0. The maximum absolute atomic E-state index is 12.7. The minimum absolute atomic E-state index is 0.0119. The molecule has 0 radical (unpaired) electrons. The van der Waals surface area contributed by atoms with Crippen molar-refractivity contribution in [3.05, 3.63) is 35.4 Å². The van der Waals surface area contributed by atoms with E-state index < -0.39 is 11.9 Å². The number of hydrogen-bond acceptors (Lipinski definition) is 3. The molecule has 4 heteroatoms. The van der Waals surface area contributed by atoms with Gasteiger partial charge in [-0.3, -0.25) is 0 Å². The smallest absolute Gasteiger partial charge is 0.339 e. The molecule has 1 unspecified atom stereocenters. The standard InChI is InChI=1S/C27H44O4/c1-3-5-7-9-11-12-14-16-20-23(19-15-13-10-8-6-4-2)31-27(30)25-22-18-17-21-24(25)26(28)29/h17-18,21-23H,3-16,19-20H2,1-2H3,(H,28,29). The number of benzene rings is 1. The van der Waals surface area contributed by atoms with E-state index in [4.69, 9.17) is 4.74 Å². The number of carboxylic acid groups (broad SMARTS) is 1. The molecule has 31 heavy (non-hydrogen) atoms. The highest BCUT2D eigenvalue weighted by molar-refractivity contribution is 6.02. The van der Waals surface area contributed by atoms with Gasteiger partial charge >= 0.3 is 11.9 Å². The summed E-state index contributed by atoms with van der Waals surface area (Å²) >= 11 is 0. The summed E-state index contributed by atoms with van der Waals surface area (Å²) in [6, 6.07) is 6.32. The van der Waals surface area contributed by atoms with E-state index in [9.17, 15) is 14.7 Å². The predicted octanol–water partition coefficient (Wildman–Crippen LogP) is 8.19. The lowest BCUT2D eigenvalue weighted by Crippen LogP contribution is -2.20. The third kappa shape index (κ3) is 12.6. The SMILES string of the molecule is CCCCCCCCCCC(CCCCCCCC)OC(=O)c1ccccc1C(=O)O. The van der Waals surface area contributed by atoms with Crippen LogP contribution >= 0.6 is 0 Å². The third-order valence-corrected chi connectivity index (χ3v) is 5.91. The molecule has 176 valence electrons. The van der Waals surface area contributed by atoms with Gasteiger partial charge in [0.1, 0.15) is 6.10 Å².